The summed E-state index contributed by atoms with van der Waals surface area (Å²) >= 11 is 0. The molecule has 1 saturated carbocycles. The Morgan fingerprint density at radius 3 is 2.73 bits per heavy atom. The first-order chi connectivity index (χ1) is 7.09. The lowest BCUT2D eigenvalue weighted by Crippen LogP contribution is -2.38. The minimum absolute atomic E-state index is 0.0170. The summed E-state index contributed by atoms with van der Waals surface area (Å²) in [6.07, 6.45) is 4.17. The normalized spacial score (nSPS) is 28.7. The number of rotatable bonds is 5. The summed E-state index contributed by atoms with van der Waals surface area (Å²) in [4.78, 5) is 10.4. The summed E-state index contributed by atoms with van der Waals surface area (Å²) in [5.74, 6) is -0.478. The number of carboxylic acids is 1. The van der Waals surface area contributed by atoms with Gasteiger partial charge in [-0.05, 0) is 25.7 Å². The number of carbonyl (C=O) groups is 1. The van der Waals surface area contributed by atoms with E-state index in [9.17, 15) is 9.90 Å². The van der Waals surface area contributed by atoms with Gasteiger partial charge in [-0.1, -0.05) is 12.8 Å². The topological polar surface area (TPSA) is 69.6 Å². The van der Waals surface area contributed by atoms with E-state index in [2.05, 4.69) is 5.32 Å². The molecule has 88 valence electrons. The highest BCUT2D eigenvalue weighted by Gasteiger charge is 2.23. The SMILES string of the molecule is CC(CC(=O)O)NCC1CCCCC1O. The van der Waals surface area contributed by atoms with Gasteiger partial charge in [-0.15, -0.1) is 0 Å². The predicted molar refractivity (Wildman–Crippen MR) is 57.7 cm³/mol. The third kappa shape index (κ3) is 4.62. The van der Waals surface area contributed by atoms with Crippen LogP contribution in [0.25, 0.3) is 0 Å². The number of nitrogens with one attached hydrogen (secondary N) is 1. The standard InChI is InChI=1S/C11H21NO3/c1-8(6-11(14)15)12-7-9-4-2-3-5-10(9)13/h8-10,12-13H,2-7H2,1H3,(H,14,15). The Morgan fingerprint density at radius 2 is 2.13 bits per heavy atom. The van der Waals surface area contributed by atoms with Crippen LogP contribution in [0.1, 0.15) is 39.0 Å². The Morgan fingerprint density at radius 1 is 1.47 bits per heavy atom. The Balaban J connectivity index is 2.20. The Bertz CT molecular complexity index is 208. The molecule has 0 aromatic carbocycles. The molecular weight excluding hydrogens is 194 g/mol. The van der Waals surface area contributed by atoms with Gasteiger partial charge in [0.05, 0.1) is 12.5 Å². The maximum absolute atomic E-state index is 10.4. The molecule has 0 amide bonds. The van der Waals surface area contributed by atoms with Gasteiger partial charge in [0, 0.05) is 12.6 Å². The van der Waals surface area contributed by atoms with Gasteiger partial charge < -0.3 is 15.5 Å². The van der Waals surface area contributed by atoms with Crippen molar-refractivity contribution in [2.24, 2.45) is 5.92 Å². The number of hydrogen-bond donors (Lipinski definition) is 3. The van der Waals surface area contributed by atoms with Crippen molar-refractivity contribution >= 4 is 5.97 Å². The summed E-state index contributed by atoms with van der Waals surface area (Å²) in [5.41, 5.74) is 0. The van der Waals surface area contributed by atoms with Crippen molar-refractivity contribution in [1.82, 2.24) is 5.32 Å². The average molecular weight is 215 g/mol. The molecule has 4 nitrogen and oxygen atoms in total. The zero-order valence-corrected chi connectivity index (χ0v) is 9.28. The monoisotopic (exact) mass is 215 g/mol. The van der Waals surface area contributed by atoms with Gasteiger partial charge in [0.1, 0.15) is 0 Å². The van der Waals surface area contributed by atoms with Crippen molar-refractivity contribution < 1.29 is 15.0 Å². The molecule has 0 aliphatic heterocycles. The van der Waals surface area contributed by atoms with Gasteiger partial charge >= 0.3 is 5.97 Å². The Hall–Kier alpha value is -0.610. The smallest absolute Gasteiger partial charge is 0.304 e. The van der Waals surface area contributed by atoms with Gasteiger partial charge in [-0.3, -0.25) is 4.79 Å². The molecule has 3 unspecified atom stereocenters. The maximum Gasteiger partial charge on any atom is 0.304 e. The van der Waals surface area contributed by atoms with Crippen molar-refractivity contribution in [2.45, 2.75) is 51.2 Å². The minimum Gasteiger partial charge on any atom is -0.481 e. The summed E-state index contributed by atoms with van der Waals surface area (Å²) in [6.45, 7) is 2.60. The van der Waals surface area contributed by atoms with E-state index >= 15 is 0 Å². The lowest BCUT2D eigenvalue weighted by Gasteiger charge is -2.28. The molecule has 3 atom stereocenters. The van der Waals surface area contributed by atoms with Crippen LogP contribution in [0, 0.1) is 5.92 Å². The minimum atomic E-state index is -0.779. The Kier molecular flexibility index (Phi) is 5.05. The molecule has 0 heterocycles. The molecule has 15 heavy (non-hydrogen) atoms. The second-order valence-corrected chi connectivity index (χ2v) is 4.52. The van der Waals surface area contributed by atoms with Crippen LogP contribution in [0.5, 0.6) is 0 Å². The molecule has 3 N–H and O–H groups in total. The highest BCUT2D eigenvalue weighted by atomic mass is 16.4. The van der Waals surface area contributed by atoms with Crippen LogP contribution in [-0.4, -0.2) is 34.9 Å². The van der Waals surface area contributed by atoms with Crippen LogP contribution >= 0.6 is 0 Å². The van der Waals surface area contributed by atoms with Crippen molar-refractivity contribution in [2.75, 3.05) is 6.54 Å². The van der Waals surface area contributed by atoms with Crippen LogP contribution in [0.2, 0.25) is 0 Å². The Labute approximate surface area is 90.7 Å². The van der Waals surface area contributed by atoms with Crippen LogP contribution in [-0.2, 0) is 4.79 Å². The van der Waals surface area contributed by atoms with Gasteiger partial charge in [0.2, 0.25) is 0 Å². The van der Waals surface area contributed by atoms with Crippen LogP contribution in [0.15, 0.2) is 0 Å². The second kappa shape index (κ2) is 6.08. The second-order valence-electron chi connectivity index (χ2n) is 4.52. The summed E-state index contributed by atoms with van der Waals surface area (Å²) in [7, 11) is 0. The van der Waals surface area contributed by atoms with Crippen molar-refractivity contribution in [1.29, 1.82) is 0 Å². The van der Waals surface area contributed by atoms with Crippen molar-refractivity contribution in [3.63, 3.8) is 0 Å². The third-order valence-electron chi connectivity index (χ3n) is 3.08. The van der Waals surface area contributed by atoms with Gasteiger partial charge in [0.25, 0.3) is 0 Å². The quantitative estimate of drug-likeness (QED) is 0.639. The van der Waals surface area contributed by atoms with Gasteiger partial charge in [-0.2, -0.15) is 0 Å². The molecule has 1 rings (SSSR count). The third-order valence-corrected chi connectivity index (χ3v) is 3.08. The fourth-order valence-corrected chi connectivity index (χ4v) is 2.11. The molecule has 1 fully saturated rings. The lowest BCUT2D eigenvalue weighted by atomic mass is 9.86. The summed E-state index contributed by atoms with van der Waals surface area (Å²) in [5, 5.41) is 21.5. The molecule has 4 heteroatoms. The molecule has 1 aliphatic carbocycles. The molecule has 0 aromatic heterocycles. The summed E-state index contributed by atoms with van der Waals surface area (Å²) < 4.78 is 0. The predicted octanol–water partition coefficient (Wildman–Crippen LogP) is 0.990. The van der Waals surface area contributed by atoms with E-state index in [4.69, 9.17) is 5.11 Å². The number of aliphatic carboxylic acids is 1. The zero-order valence-electron chi connectivity index (χ0n) is 9.28. The largest absolute Gasteiger partial charge is 0.481 e. The maximum atomic E-state index is 10.4. The molecule has 0 saturated heterocycles. The molecule has 0 aromatic rings. The average Bonchev–Trinajstić information content (AvgIpc) is 2.15. The fourth-order valence-electron chi connectivity index (χ4n) is 2.11. The molecule has 0 radical (unpaired) electrons. The first-order valence-electron chi connectivity index (χ1n) is 5.73. The zero-order chi connectivity index (χ0) is 11.3. The van der Waals surface area contributed by atoms with E-state index < -0.39 is 5.97 Å². The van der Waals surface area contributed by atoms with Crippen molar-refractivity contribution in [3.05, 3.63) is 0 Å². The van der Waals surface area contributed by atoms with E-state index in [1.807, 2.05) is 6.92 Å². The molecular formula is C11H21NO3. The number of aliphatic hydroxyl groups is 1. The van der Waals surface area contributed by atoms with Crippen molar-refractivity contribution in [3.8, 4) is 0 Å². The van der Waals surface area contributed by atoms with Crippen LogP contribution in [0.4, 0.5) is 0 Å². The van der Waals surface area contributed by atoms with Crippen LogP contribution in [0.3, 0.4) is 0 Å². The lowest BCUT2D eigenvalue weighted by molar-refractivity contribution is -0.137. The van der Waals surface area contributed by atoms with Gasteiger partial charge in [-0.25, -0.2) is 0 Å². The number of carboxylic acid groups (broad SMARTS) is 1. The van der Waals surface area contributed by atoms with E-state index in [1.54, 1.807) is 0 Å². The highest BCUT2D eigenvalue weighted by molar-refractivity contribution is 5.67. The molecule has 0 bridgehead atoms. The number of hydrogen-bond acceptors (Lipinski definition) is 3. The van der Waals surface area contributed by atoms with E-state index in [-0.39, 0.29) is 18.6 Å². The van der Waals surface area contributed by atoms with E-state index in [0.29, 0.717) is 5.92 Å². The van der Waals surface area contributed by atoms with E-state index in [1.165, 1.54) is 6.42 Å². The van der Waals surface area contributed by atoms with E-state index in [0.717, 1.165) is 25.8 Å². The fraction of sp³-hybridized carbons (Fsp3) is 0.909. The molecule has 1 aliphatic rings. The van der Waals surface area contributed by atoms with Gasteiger partial charge in [0.15, 0.2) is 0 Å². The first kappa shape index (κ1) is 12.5. The first-order valence-corrected chi connectivity index (χ1v) is 5.73. The highest BCUT2D eigenvalue weighted by Crippen LogP contribution is 2.23. The summed E-state index contributed by atoms with van der Waals surface area (Å²) in [6, 6.07) is -0.0170. The molecule has 0 spiro atoms. The number of aliphatic hydroxyl groups excluding tert-OH is 1. The van der Waals surface area contributed by atoms with Crippen LogP contribution < -0.4 is 5.32 Å².